The molecule has 1 aromatic carbocycles. The molecule has 90 valence electrons. The average molecular weight is 294 g/mol. The second-order valence-corrected chi connectivity index (χ2v) is 5.01. The quantitative estimate of drug-likeness (QED) is 0.941. The summed E-state index contributed by atoms with van der Waals surface area (Å²) in [6.07, 6.45) is 2.70. The van der Waals surface area contributed by atoms with Gasteiger partial charge in [0.05, 0.1) is 16.7 Å². The minimum atomic E-state index is 0.196. The normalized spacial score (nSPS) is 12.6. The molecule has 1 atom stereocenters. The lowest BCUT2D eigenvalue weighted by molar-refractivity contribution is 0.516. The zero-order valence-electron chi connectivity index (χ0n) is 10.0. The minimum Gasteiger partial charge on any atom is -0.383 e. The second-order valence-electron chi connectivity index (χ2n) is 4.16. The zero-order valence-corrected chi connectivity index (χ0v) is 11.6. The number of anilines is 1. The molecule has 0 aliphatic rings. The molecule has 0 radical (unpaired) electrons. The summed E-state index contributed by atoms with van der Waals surface area (Å²) in [7, 11) is 0. The number of aryl methyl sites for hydroxylation is 1. The number of nitrogen functional groups attached to an aromatic ring is 1. The number of aromatic nitrogens is 2. The first-order chi connectivity index (χ1) is 8.13. The number of rotatable bonds is 3. The van der Waals surface area contributed by atoms with Crippen LogP contribution in [-0.2, 0) is 0 Å². The van der Waals surface area contributed by atoms with Crippen LogP contribution >= 0.6 is 15.9 Å². The molecule has 2 aromatic rings. The third-order valence-electron chi connectivity index (χ3n) is 2.93. The Morgan fingerprint density at radius 2 is 2.00 bits per heavy atom. The Labute approximate surface area is 110 Å². The van der Waals surface area contributed by atoms with E-state index < -0.39 is 0 Å². The van der Waals surface area contributed by atoms with Crippen LogP contribution in [-0.4, -0.2) is 9.78 Å². The van der Waals surface area contributed by atoms with E-state index in [0.29, 0.717) is 5.82 Å². The Balaban J connectivity index is 2.40. The van der Waals surface area contributed by atoms with Gasteiger partial charge in [0.25, 0.3) is 0 Å². The van der Waals surface area contributed by atoms with Crippen LogP contribution in [0.3, 0.4) is 0 Å². The molecule has 0 bridgehead atoms. The van der Waals surface area contributed by atoms with E-state index in [4.69, 9.17) is 5.73 Å². The Hall–Kier alpha value is -1.29. The van der Waals surface area contributed by atoms with Crippen LogP contribution in [0.2, 0.25) is 0 Å². The molecule has 0 saturated heterocycles. The maximum Gasteiger partial charge on any atom is 0.136 e. The van der Waals surface area contributed by atoms with Crippen molar-refractivity contribution in [2.24, 2.45) is 0 Å². The van der Waals surface area contributed by atoms with Crippen molar-refractivity contribution in [3.05, 3.63) is 46.1 Å². The summed E-state index contributed by atoms with van der Waals surface area (Å²) >= 11 is 3.39. The van der Waals surface area contributed by atoms with Crippen molar-refractivity contribution < 1.29 is 0 Å². The van der Waals surface area contributed by atoms with Gasteiger partial charge in [0, 0.05) is 0 Å². The van der Waals surface area contributed by atoms with Crippen molar-refractivity contribution in [2.45, 2.75) is 26.3 Å². The molecule has 4 heteroatoms. The summed E-state index contributed by atoms with van der Waals surface area (Å²) in [4.78, 5) is 0. The zero-order chi connectivity index (χ0) is 12.4. The van der Waals surface area contributed by atoms with Crippen molar-refractivity contribution in [2.75, 3.05) is 5.73 Å². The Morgan fingerprint density at radius 1 is 1.35 bits per heavy atom. The van der Waals surface area contributed by atoms with E-state index >= 15 is 0 Å². The topological polar surface area (TPSA) is 43.8 Å². The molecule has 1 unspecified atom stereocenters. The molecule has 1 aromatic heterocycles. The van der Waals surface area contributed by atoms with Gasteiger partial charge in [-0.05, 0) is 34.8 Å². The fraction of sp³-hybridized carbons (Fsp3) is 0.308. The molecule has 0 aliphatic carbocycles. The molecule has 1 heterocycles. The number of halogens is 1. The van der Waals surface area contributed by atoms with Crippen LogP contribution in [0.25, 0.3) is 0 Å². The number of hydrogen-bond acceptors (Lipinski definition) is 2. The van der Waals surface area contributed by atoms with Crippen molar-refractivity contribution in [1.82, 2.24) is 9.78 Å². The van der Waals surface area contributed by atoms with E-state index in [1.807, 2.05) is 4.68 Å². The van der Waals surface area contributed by atoms with Gasteiger partial charge in [-0.3, -0.25) is 0 Å². The third kappa shape index (κ3) is 2.36. The standard InChI is InChI=1S/C13H16BrN3/c1-3-12(10-6-4-9(2)5-7-10)17-13(15)11(14)8-16-17/h4-8,12H,3,15H2,1-2H3. The molecule has 2 N–H and O–H groups in total. The fourth-order valence-corrected chi connectivity index (χ4v) is 2.21. The van der Waals surface area contributed by atoms with Gasteiger partial charge in [-0.25, -0.2) is 4.68 Å². The highest BCUT2D eigenvalue weighted by Gasteiger charge is 2.16. The van der Waals surface area contributed by atoms with Gasteiger partial charge in [0.15, 0.2) is 0 Å². The third-order valence-corrected chi connectivity index (χ3v) is 3.54. The fourth-order valence-electron chi connectivity index (χ4n) is 1.94. The van der Waals surface area contributed by atoms with E-state index in [0.717, 1.165) is 10.9 Å². The first-order valence-corrected chi connectivity index (χ1v) is 6.47. The van der Waals surface area contributed by atoms with Gasteiger partial charge in [-0.2, -0.15) is 5.10 Å². The van der Waals surface area contributed by atoms with E-state index in [9.17, 15) is 0 Å². The Kier molecular flexibility index (Phi) is 3.52. The molecular weight excluding hydrogens is 278 g/mol. The predicted molar refractivity (Wildman–Crippen MR) is 73.9 cm³/mol. The highest BCUT2D eigenvalue weighted by molar-refractivity contribution is 9.10. The second kappa shape index (κ2) is 4.92. The molecule has 0 amide bonds. The average Bonchev–Trinajstić information content (AvgIpc) is 2.65. The van der Waals surface area contributed by atoms with E-state index in [-0.39, 0.29) is 6.04 Å². The van der Waals surface area contributed by atoms with Gasteiger partial charge in [0.1, 0.15) is 5.82 Å². The first-order valence-electron chi connectivity index (χ1n) is 5.68. The molecule has 2 rings (SSSR count). The van der Waals surface area contributed by atoms with Gasteiger partial charge < -0.3 is 5.73 Å². The van der Waals surface area contributed by atoms with Crippen molar-refractivity contribution in [1.29, 1.82) is 0 Å². The van der Waals surface area contributed by atoms with Crippen LogP contribution in [0.5, 0.6) is 0 Å². The van der Waals surface area contributed by atoms with Crippen molar-refractivity contribution in [3.8, 4) is 0 Å². The Morgan fingerprint density at radius 3 is 2.47 bits per heavy atom. The lowest BCUT2D eigenvalue weighted by Crippen LogP contribution is -2.13. The van der Waals surface area contributed by atoms with E-state index in [2.05, 4.69) is 59.1 Å². The molecule has 0 aliphatic heterocycles. The summed E-state index contributed by atoms with van der Waals surface area (Å²) in [5, 5.41) is 4.33. The van der Waals surface area contributed by atoms with Crippen LogP contribution in [0.1, 0.15) is 30.5 Å². The van der Waals surface area contributed by atoms with Crippen molar-refractivity contribution >= 4 is 21.7 Å². The highest BCUT2D eigenvalue weighted by Crippen LogP contribution is 2.28. The maximum atomic E-state index is 6.00. The monoisotopic (exact) mass is 293 g/mol. The van der Waals surface area contributed by atoms with Gasteiger partial charge in [0.2, 0.25) is 0 Å². The number of nitrogens with two attached hydrogens (primary N) is 1. The lowest BCUT2D eigenvalue weighted by Gasteiger charge is -2.17. The molecule has 3 nitrogen and oxygen atoms in total. The van der Waals surface area contributed by atoms with Gasteiger partial charge in [-0.15, -0.1) is 0 Å². The summed E-state index contributed by atoms with van der Waals surface area (Å²) in [6, 6.07) is 8.71. The summed E-state index contributed by atoms with van der Waals surface area (Å²) in [5.74, 6) is 0.678. The minimum absolute atomic E-state index is 0.196. The van der Waals surface area contributed by atoms with E-state index in [1.165, 1.54) is 11.1 Å². The lowest BCUT2D eigenvalue weighted by atomic mass is 10.0. The SMILES string of the molecule is CCC(c1ccc(C)cc1)n1ncc(Br)c1N. The molecule has 0 saturated carbocycles. The molecular formula is C13H16BrN3. The first kappa shape index (κ1) is 12.2. The van der Waals surface area contributed by atoms with Gasteiger partial charge in [-0.1, -0.05) is 36.8 Å². The van der Waals surface area contributed by atoms with Gasteiger partial charge >= 0.3 is 0 Å². The van der Waals surface area contributed by atoms with Crippen LogP contribution in [0.15, 0.2) is 34.9 Å². The smallest absolute Gasteiger partial charge is 0.136 e. The Bertz CT molecular complexity index is 502. The molecule has 17 heavy (non-hydrogen) atoms. The summed E-state index contributed by atoms with van der Waals surface area (Å²) in [6.45, 7) is 4.23. The number of nitrogens with zero attached hydrogens (tertiary/aromatic N) is 2. The van der Waals surface area contributed by atoms with Crippen LogP contribution < -0.4 is 5.73 Å². The predicted octanol–water partition coefficient (Wildman–Crippen LogP) is 3.54. The highest BCUT2D eigenvalue weighted by atomic mass is 79.9. The number of benzene rings is 1. The molecule has 0 fully saturated rings. The van der Waals surface area contributed by atoms with E-state index in [1.54, 1.807) is 6.20 Å². The number of hydrogen-bond donors (Lipinski definition) is 1. The maximum absolute atomic E-state index is 6.00. The van der Waals surface area contributed by atoms with Crippen molar-refractivity contribution in [3.63, 3.8) is 0 Å². The summed E-state index contributed by atoms with van der Waals surface area (Å²) in [5.41, 5.74) is 8.50. The van der Waals surface area contributed by atoms with Crippen LogP contribution in [0.4, 0.5) is 5.82 Å². The van der Waals surface area contributed by atoms with Crippen LogP contribution in [0, 0.1) is 6.92 Å². The largest absolute Gasteiger partial charge is 0.383 e. The summed E-state index contributed by atoms with van der Waals surface area (Å²) < 4.78 is 2.72. The molecule has 0 spiro atoms.